The van der Waals surface area contributed by atoms with Crippen molar-refractivity contribution in [3.63, 3.8) is 0 Å². The van der Waals surface area contributed by atoms with E-state index in [1.165, 1.54) is 32.4 Å². The molecule has 1 rings (SSSR count). The minimum Gasteiger partial charge on any atom is -0.466 e. The van der Waals surface area contributed by atoms with E-state index in [1.54, 1.807) is 6.20 Å². The van der Waals surface area contributed by atoms with Gasteiger partial charge in [-0.25, -0.2) is 4.79 Å². The fourth-order valence-corrected chi connectivity index (χ4v) is 1.13. The molecule has 0 aromatic heterocycles. The molecule has 0 bridgehead atoms. The van der Waals surface area contributed by atoms with Crippen LogP contribution in [0.3, 0.4) is 0 Å². The summed E-state index contributed by atoms with van der Waals surface area (Å²) >= 11 is 0. The van der Waals surface area contributed by atoms with Crippen LogP contribution >= 0.6 is 0 Å². The molecule has 0 amide bonds. The first-order valence-corrected chi connectivity index (χ1v) is 4.31. The molecule has 1 N–H and O–H groups in total. The summed E-state index contributed by atoms with van der Waals surface area (Å²) in [5.41, 5.74) is 0. The van der Waals surface area contributed by atoms with Crippen molar-refractivity contribution in [3.05, 3.63) is 12.3 Å². The quantitative estimate of drug-likeness (QED) is 0.505. The third-order valence-electron chi connectivity index (χ3n) is 2.17. The smallest absolute Gasteiger partial charge is 0.331 e. The van der Waals surface area contributed by atoms with Gasteiger partial charge in [0.25, 0.3) is 0 Å². The minimum atomic E-state index is -0.309. The van der Waals surface area contributed by atoms with Crippen LogP contribution in [0.5, 0.6) is 0 Å². The van der Waals surface area contributed by atoms with Crippen LogP contribution in [0.2, 0.25) is 0 Å². The zero-order valence-corrected chi connectivity index (χ0v) is 7.38. The van der Waals surface area contributed by atoms with Crippen molar-refractivity contribution >= 4 is 5.97 Å². The van der Waals surface area contributed by atoms with Crippen molar-refractivity contribution < 1.29 is 9.53 Å². The van der Waals surface area contributed by atoms with Gasteiger partial charge >= 0.3 is 5.97 Å². The zero-order chi connectivity index (χ0) is 8.81. The number of nitrogens with one attached hydrogen (secondary N) is 1. The van der Waals surface area contributed by atoms with Crippen molar-refractivity contribution in [2.24, 2.45) is 5.92 Å². The van der Waals surface area contributed by atoms with Crippen LogP contribution in [0.15, 0.2) is 12.3 Å². The summed E-state index contributed by atoms with van der Waals surface area (Å²) in [4.78, 5) is 10.6. The van der Waals surface area contributed by atoms with Crippen LogP contribution < -0.4 is 5.32 Å². The van der Waals surface area contributed by atoms with Gasteiger partial charge in [-0.05, 0) is 18.8 Å². The van der Waals surface area contributed by atoms with Gasteiger partial charge in [0.05, 0.1) is 7.11 Å². The van der Waals surface area contributed by atoms with E-state index in [9.17, 15) is 4.79 Å². The van der Waals surface area contributed by atoms with E-state index in [0.717, 1.165) is 12.5 Å². The van der Waals surface area contributed by atoms with Gasteiger partial charge in [-0.1, -0.05) is 6.42 Å². The molecule has 0 aromatic rings. The van der Waals surface area contributed by atoms with Gasteiger partial charge in [-0.2, -0.15) is 0 Å². The molecule has 12 heavy (non-hydrogen) atoms. The first kappa shape index (κ1) is 9.10. The van der Waals surface area contributed by atoms with E-state index >= 15 is 0 Å². The average Bonchev–Trinajstić information content (AvgIpc) is 2.00. The second kappa shape index (κ2) is 4.80. The fourth-order valence-electron chi connectivity index (χ4n) is 1.13. The maximum atomic E-state index is 10.6. The highest BCUT2D eigenvalue weighted by atomic mass is 16.5. The second-order valence-corrected chi connectivity index (χ2v) is 3.06. The maximum absolute atomic E-state index is 10.6. The van der Waals surface area contributed by atoms with Crippen LogP contribution in [-0.4, -0.2) is 19.6 Å². The molecule has 0 radical (unpaired) electrons. The topological polar surface area (TPSA) is 38.3 Å². The van der Waals surface area contributed by atoms with Crippen molar-refractivity contribution in [2.45, 2.75) is 19.3 Å². The molecule has 1 fully saturated rings. The standard InChI is InChI=1S/C9H15NO2/c1-12-9(11)5-6-10-7-8-3-2-4-8/h5-6,8,10H,2-4,7H2,1H3/b6-5+. The number of hydrogen-bond donors (Lipinski definition) is 1. The Balaban J connectivity index is 2.00. The molecule has 0 aliphatic heterocycles. The van der Waals surface area contributed by atoms with E-state index in [2.05, 4.69) is 10.1 Å². The second-order valence-electron chi connectivity index (χ2n) is 3.06. The summed E-state index contributed by atoms with van der Waals surface area (Å²) in [6.07, 6.45) is 7.05. The molecule has 0 saturated heterocycles. The van der Waals surface area contributed by atoms with E-state index in [4.69, 9.17) is 0 Å². The van der Waals surface area contributed by atoms with Gasteiger partial charge in [0.2, 0.25) is 0 Å². The predicted molar refractivity (Wildman–Crippen MR) is 46.5 cm³/mol. The summed E-state index contributed by atoms with van der Waals surface area (Å²) in [5, 5.41) is 3.07. The minimum absolute atomic E-state index is 0.309. The highest BCUT2D eigenvalue weighted by molar-refractivity contribution is 5.81. The Kier molecular flexibility index (Phi) is 3.64. The molecule has 0 spiro atoms. The van der Waals surface area contributed by atoms with E-state index < -0.39 is 0 Å². The molecule has 0 aromatic carbocycles. The molecule has 3 nitrogen and oxygen atoms in total. The number of hydrogen-bond acceptors (Lipinski definition) is 3. The van der Waals surface area contributed by atoms with Crippen LogP contribution in [0.1, 0.15) is 19.3 Å². The monoisotopic (exact) mass is 169 g/mol. The molecule has 1 saturated carbocycles. The van der Waals surface area contributed by atoms with E-state index in [-0.39, 0.29) is 5.97 Å². The van der Waals surface area contributed by atoms with Gasteiger partial charge in [-0.3, -0.25) is 0 Å². The predicted octanol–water partition coefficient (Wildman–Crippen LogP) is 1.06. The summed E-state index contributed by atoms with van der Waals surface area (Å²) in [5.74, 6) is 0.503. The lowest BCUT2D eigenvalue weighted by Crippen LogP contribution is -2.23. The maximum Gasteiger partial charge on any atom is 0.331 e. The van der Waals surface area contributed by atoms with Crippen molar-refractivity contribution in [1.82, 2.24) is 5.32 Å². The third kappa shape index (κ3) is 2.95. The highest BCUT2D eigenvalue weighted by Gasteiger charge is 2.15. The molecule has 1 aliphatic rings. The molecule has 68 valence electrons. The molecule has 0 atom stereocenters. The zero-order valence-electron chi connectivity index (χ0n) is 7.38. The summed E-state index contributed by atoms with van der Waals surface area (Å²) in [6, 6.07) is 0. The molecular formula is C9H15NO2. The van der Waals surface area contributed by atoms with Gasteiger partial charge in [0.15, 0.2) is 0 Å². The lowest BCUT2D eigenvalue weighted by Gasteiger charge is -2.24. The largest absolute Gasteiger partial charge is 0.466 e. The number of ether oxygens (including phenoxy) is 1. The Morgan fingerprint density at radius 1 is 1.67 bits per heavy atom. The highest BCUT2D eigenvalue weighted by Crippen LogP contribution is 2.24. The van der Waals surface area contributed by atoms with Crippen LogP contribution in [0.25, 0.3) is 0 Å². The molecular weight excluding hydrogens is 154 g/mol. The number of carbonyl (C=O) groups excluding carboxylic acids is 1. The first-order chi connectivity index (χ1) is 5.83. The SMILES string of the molecule is COC(=O)/C=C/NCC1CCC1. The average molecular weight is 169 g/mol. The fraction of sp³-hybridized carbons (Fsp3) is 0.667. The number of rotatable bonds is 4. The Morgan fingerprint density at radius 2 is 2.42 bits per heavy atom. The molecule has 0 unspecified atom stereocenters. The first-order valence-electron chi connectivity index (χ1n) is 4.31. The molecule has 1 aliphatic carbocycles. The van der Waals surface area contributed by atoms with Gasteiger partial charge < -0.3 is 10.1 Å². The van der Waals surface area contributed by atoms with Gasteiger partial charge in [-0.15, -0.1) is 0 Å². The van der Waals surface area contributed by atoms with E-state index in [1.807, 2.05) is 0 Å². The lowest BCUT2D eigenvalue weighted by molar-refractivity contribution is -0.134. The number of esters is 1. The molecule has 0 heterocycles. The number of methoxy groups -OCH3 is 1. The van der Waals surface area contributed by atoms with E-state index in [0.29, 0.717) is 0 Å². The van der Waals surface area contributed by atoms with Gasteiger partial charge in [0.1, 0.15) is 0 Å². The van der Waals surface area contributed by atoms with Crippen LogP contribution in [0.4, 0.5) is 0 Å². The Hall–Kier alpha value is -0.990. The summed E-state index contributed by atoms with van der Waals surface area (Å²) in [7, 11) is 1.37. The summed E-state index contributed by atoms with van der Waals surface area (Å²) in [6.45, 7) is 0.980. The number of carbonyl (C=O) groups is 1. The Morgan fingerprint density at radius 3 is 2.92 bits per heavy atom. The Labute approximate surface area is 72.8 Å². The normalized spacial score (nSPS) is 17.4. The van der Waals surface area contributed by atoms with Gasteiger partial charge in [0, 0.05) is 18.8 Å². The third-order valence-corrected chi connectivity index (χ3v) is 2.17. The van der Waals surface area contributed by atoms with Crippen molar-refractivity contribution in [1.29, 1.82) is 0 Å². The lowest BCUT2D eigenvalue weighted by atomic mass is 9.85. The van der Waals surface area contributed by atoms with Crippen molar-refractivity contribution in [3.8, 4) is 0 Å². The van der Waals surface area contributed by atoms with Crippen LogP contribution in [0, 0.1) is 5.92 Å². The van der Waals surface area contributed by atoms with Crippen molar-refractivity contribution in [2.75, 3.05) is 13.7 Å². The molecule has 3 heteroatoms. The van der Waals surface area contributed by atoms with Crippen LogP contribution in [-0.2, 0) is 9.53 Å². The summed E-state index contributed by atoms with van der Waals surface area (Å²) < 4.78 is 4.43. The Bertz CT molecular complexity index is 173.